The number of aryl methyl sites for hydroxylation is 2. The second kappa shape index (κ2) is 8.73. The summed E-state index contributed by atoms with van der Waals surface area (Å²) in [4.78, 5) is 36.1. The van der Waals surface area contributed by atoms with Gasteiger partial charge in [0.15, 0.2) is 0 Å². The third-order valence-electron chi connectivity index (χ3n) is 5.58. The molecule has 0 saturated carbocycles. The van der Waals surface area contributed by atoms with Gasteiger partial charge in [-0.2, -0.15) is 5.10 Å². The Morgan fingerprint density at radius 3 is 2.79 bits per heavy atom. The second-order valence-electron chi connectivity index (χ2n) is 7.72. The van der Waals surface area contributed by atoms with Crippen molar-refractivity contribution in [2.45, 2.75) is 32.7 Å². The van der Waals surface area contributed by atoms with Crippen LogP contribution in [-0.4, -0.2) is 33.6 Å². The van der Waals surface area contributed by atoms with E-state index < -0.39 is 16.9 Å². The maximum atomic E-state index is 12.7. The number of carbonyl (C=O) groups excluding carboxylic acids is 2. The molecule has 1 atom stereocenters. The Kier molecular flexibility index (Phi) is 5.82. The normalized spacial score (nSPS) is 14.5. The number of anilines is 2. The van der Waals surface area contributed by atoms with Crippen LogP contribution in [0.2, 0.25) is 0 Å². The number of methoxy groups -OCH3 is 1. The molecule has 0 aliphatic carbocycles. The molecule has 3 aromatic rings. The summed E-state index contributed by atoms with van der Waals surface area (Å²) in [6.07, 6.45) is 0.470. The van der Waals surface area contributed by atoms with Crippen LogP contribution in [0.25, 0.3) is 11.1 Å². The largest absolute Gasteiger partial charge is 0.497 e. The summed E-state index contributed by atoms with van der Waals surface area (Å²) in [5.74, 6) is 0.433. The van der Waals surface area contributed by atoms with Gasteiger partial charge in [0.1, 0.15) is 17.6 Å². The number of benzene rings is 2. The van der Waals surface area contributed by atoms with Gasteiger partial charge in [0.2, 0.25) is 5.91 Å². The minimum atomic E-state index is -0.829. The molecule has 170 valence electrons. The maximum absolute atomic E-state index is 12.7. The lowest BCUT2D eigenvalue weighted by molar-refractivity contribution is -0.385. The monoisotopic (exact) mass is 449 g/mol. The molecule has 1 unspecified atom stereocenters. The predicted molar refractivity (Wildman–Crippen MR) is 122 cm³/mol. The molecule has 1 aliphatic rings. The Labute approximate surface area is 189 Å². The van der Waals surface area contributed by atoms with E-state index in [4.69, 9.17) is 4.74 Å². The number of ether oxygens (including phenoxy) is 1. The van der Waals surface area contributed by atoms with Crippen molar-refractivity contribution < 1.29 is 19.2 Å². The summed E-state index contributed by atoms with van der Waals surface area (Å²) in [5.41, 5.74) is 3.13. The SMILES string of the molecule is CCc1nn2c(c1-c1cccc(OC)c1)NC(=O)C2CC(=O)Nc1ccc(C)c([N+](=O)[O-])c1. The average molecular weight is 449 g/mol. The van der Waals surface area contributed by atoms with Gasteiger partial charge in [-0.15, -0.1) is 0 Å². The van der Waals surface area contributed by atoms with E-state index >= 15 is 0 Å². The van der Waals surface area contributed by atoms with Crippen molar-refractivity contribution in [3.8, 4) is 16.9 Å². The van der Waals surface area contributed by atoms with Gasteiger partial charge < -0.3 is 15.4 Å². The zero-order chi connectivity index (χ0) is 23.7. The zero-order valence-corrected chi connectivity index (χ0v) is 18.4. The number of aromatic nitrogens is 2. The fourth-order valence-electron chi connectivity index (χ4n) is 3.92. The Balaban J connectivity index is 1.60. The highest BCUT2D eigenvalue weighted by molar-refractivity contribution is 6.04. The highest BCUT2D eigenvalue weighted by Gasteiger charge is 2.36. The molecule has 10 nitrogen and oxygen atoms in total. The van der Waals surface area contributed by atoms with E-state index in [0.717, 1.165) is 16.8 Å². The molecule has 4 rings (SSSR count). The van der Waals surface area contributed by atoms with Crippen LogP contribution in [0.5, 0.6) is 5.75 Å². The minimum absolute atomic E-state index is 0.0868. The lowest BCUT2D eigenvalue weighted by Gasteiger charge is -2.10. The molecule has 0 saturated heterocycles. The van der Waals surface area contributed by atoms with Crippen molar-refractivity contribution in [2.75, 3.05) is 17.7 Å². The molecule has 33 heavy (non-hydrogen) atoms. The van der Waals surface area contributed by atoms with Crippen LogP contribution in [0.3, 0.4) is 0 Å². The van der Waals surface area contributed by atoms with Crippen molar-refractivity contribution in [3.63, 3.8) is 0 Å². The summed E-state index contributed by atoms with van der Waals surface area (Å²) in [5, 5.41) is 21.3. The highest BCUT2D eigenvalue weighted by atomic mass is 16.6. The van der Waals surface area contributed by atoms with Gasteiger partial charge in [-0.3, -0.25) is 19.7 Å². The van der Waals surface area contributed by atoms with Gasteiger partial charge in [0.05, 0.1) is 24.1 Å². The van der Waals surface area contributed by atoms with Crippen LogP contribution in [0.1, 0.15) is 30.6 Å². The number of fused-ring (bicyclic) bond motifs is 1. The Morgan fingerprint density at radius 2 is 2.09 bits per heavy atom. The number of rotatable bonds is 7. The molecule has 10 heteroatoms. The van der Waals surface area contributed by atoms with E-state index in [9.17, 15) is 19.7 Å². The van der Waals surface area contributed by atoms with Crippen molar-refractivity contribution in [3.05, 3.63) is 63.8 Å². The highest BCUT2D eigenvalue weighted by Crippen LogP contribution is 2.39. The summed E-state index contributed by atoms with van der Waals surface area (Å²) < 4.78 is 6.87. The van der Waals surface area contributed by atoms with Crippen molar-refractivity contribution >= 4 is 29.0 Å². The fraction of sp³-hybridized carbons (Fsp3) is 0.261. The Bertz CT molecular complexity index is 1270. The lowest BCUT2D eigenvalue weighted by atomic mass is 10.0. The second-order valence-corrected chi connectivity index (χ2v) is 7.72. The standard InChI is InChI=1S/C23H23N5O5/c1-4-17-21(14-6-5-7-16(10-14)33-3)22-25-23(30)19(27(22)26-17)12-20(29)24-15-9-8-13(2)18(11-15)28(31)32/h5-11,19H,4,12H2,1-3H3,(H,24,29)(H,25,30). The van der Waals surface area contributed by atoms with Gasteiger partial charge in [0.25, 0.3) is 11.6 Å². The molecule has 0 radical (unpaired) electrons. The molecular formula is C23H23N5O5. The van der Waals surface area contributed by atoms with Gasteiger partial charge >= 0.3 is 0 Å². The molecular weight excluding hydrogens is 426 g/mol. The summed E-state index contributed by atoms with van der Waals surface area (Å²) in [7, 11) is 1.58. The molecule has 2 amide bonds. The Hall–Kier alpha value is -4.21. The molecule has 1 aliphatic heterocycles. The summed E-state index contributed by atoms with van der Waals surface area (Å²) in [6, 6.07) is 11.1. The van der Waals surface area contributed by atoms with Crippen molar-refractivity contribution in [2.24, 2.45) is 0 Å². The van der Waals surface area contributed by atoms with Crippen LogP contribution in [-0.2, 0) is 16.0 Å². The van der Waals surface area contributed by atoms with E-state index in [1.165, 1.54) is 6.07 Å². The smallest absolute Gasteiger partial charge is 0.274 e. The van der Waals surface area contributed by atoms with Crippen LogP contribution < -0.4 is 15.4 Å². The lowest BCUT2D eigenvalue weighted by Crippen LogP contribution is -2.24. The van der Waals surface area contributed by atoms with Crippen molar-refractivity contribution in [1.82, 2.24) is 9.78 Å². The van der Waals surface area contributed by atoms with Gasteiger partial charge in [0, 0.05) is 22.9 Å². The topological polar surface area (TPSA) is 128 Å². The molecule has 1 aromatic heterocycles. The first-order valence-corrected chi connectivity index (χ1v) is 10.4. The van der Waals surface area contributed by atoms with Gasteiger partial charge in [-0.25, -0.2) is 4.68 Å². The van der Waals surface area contributed by atoms with Crippen LogP contribution in [0, 0.1) is 17.0 Å². The van der Waals surface area contributed by atoms with Crippen LogP contribution in [0.15, 0.2) is 42.5 Å². The number of nitro groups is 1. The zero-order valence-electron chi connectivity index (χ0n) is 18.4. The maximum Gasteiger partial charge on any atom is 0.274 e. The first kappa shape index (κ1) is 22.0. The van der Waals surface area contributed by atoms with Gasteiger partial charge in [-0.1, -0.05) is 25.1 Å². The number of nitro benzene ring substituents is 1. The van der Waals surface area contributed by atoms with Crippen molar-refractivity contribution in [1.29, 1.82) is 0 Å². The molecule has 0 spiro atoms. The molecule has 0 fully saturated rings. The van der Waals surface area contributed by atoms with E-state index in [1.807, 2.05) is 31.2 Å². The molecule has 2 heterocycles. The number of nitrogens with one attached hydrogen (secondary N) is 2. The molecule has 0 bridgehead atoms. The first-order valence-electron chi connectivity index (χ1n) is 10.4. The number of hydrogen-bond donors (Lipinski definition) is 2. The first-order chi connectivity index (χ1) is 15.8. The number of hydrogen-bond acceptors (Lipinski definition) is 6. The summed E-state index contributed by atoms with van der Waals surface area (Å²) in [6.45, 7) is 3.59. The van der Waals surface area contributed by atoms with E-state index in [-0.39, 0.29) is 18.0 Å². The van der Waals surface area contributed by atoms with E-state index in [0.29, 0.717) is 29.2 Å². The quantitative estimate of drug-likeness (QED) is 0.416. The van der Waals surface area contributed by atoms with Crippen LogP contribution >= 0.6 is 0 Å². The predicted octanol–water partition coefficient (Wildman–Crippen LogP) is 3.86. The number of carbonyl (C=O) groups is 2. The minimum Gasteiger partial charge on any atom is -0.497 e. The average Bonchev–Trinajstić information content (AvgIpc) is 3.30. The van der Waals surface area contributed by atoms with Crippen LogP contribution in [0.4, 0.5) is 17.2 Å². The number of amides is 2. The van der Waals surface area contributed by atoms with Gasteiger partial charge in [-0.05, 0) is 37.1 Å². The summed E-state index contributed by atoms with van der Waals surface area (Å²) >= 11 is 0. The number of nitrogens with zero attached hydrogens (tertiary/aromatic N) is 3. The third-order valence-corrected chi connectivity index (χ3v) is 5.58. The molecule has 2 N–H and O–H groups in total. The van der Waals surface area contributed by atoms with E-state index in [2.05, 4.69) is 15.7 Å². The van der Waals surface area contributed by atoms with E-state index in [1.54, 1.807) is 30.8 Å². The fourth-order valence-corrected chi connectivity index (χ4v) is 3.92. The molecule has 2 aromatic carbocycles. The Morgan fingerprint density at radius 1 is 1.30 bits per heavy atom. The third kappa shape index (κ3) is 4.14.